The van der Waals surface area contributed by atoms with Crippen LogP contribution >= 0.6 is 11.3 Å². The van der Waals surface area contributed by atoms with Crippen molar-refractivity contribution in [3.8, 4) is 21.7 Å². The van der Waals surface area contributed by atoms with Crippen molar-refractivity contribution in [3.63, 3.8) is 0 Å². The van der Waals surface area contributed by atoms with Crippen molar-refractivity contribution in [1.82, 2.24) is 4.98 Å². The summed E-state index contributed by atoms with van der Waals surface area (Å²) < 4.78 is 1.27. The molecule has 136 valence electrons. The Morgan fingerprint density at radius 3 is 2.17 bits per heavy atom. The molecule has 6 aromatic rings. The highest BCUT2D eigenvalue weighted by atomic mass is 32.1. The van der Waals surface area contributed by atoms with Crippen LogP contribution in [0.3, 0.4) is 0 Å². The van der Waals surface area contributed by atoms with Gasteiger partial charge in [-0.1, -0.05) is 78.9 Å². The molecule has 6 rings (SSSR count). The van der Waals surface area contributed by atoms with Gasteiger partial charge in [0.05, 0.1) is 5.69 Å². The highest BCUT2D eigenvalue weighted by molar-refractivity contribution is 7.22. The van der Waals surface area contributed by atoms with Crippen molar-refractivity contribution in [2.45, 2.75) is 0 Å². The maximum absolute atomic E-state index is 4.85. The Morgan fingerprint density at radius 1 is 0.586 bits per heavy atom. The molecular weight excluding hydrogens is 370 g/mol. The van der Waals surface area contributed by atoms with Crippen LogP contribution in [0, 0.1) is 0 Å². The topological polar surface area (TPSA) is 12.9 Å². The molecule has 1 nitrogen and oxygen atoms in total. The number of rotatable bonds is 2. The third-order valence-electron chi connectivity index (χ3n) is 5.53. The zero-order chi connectivity index (χ0) is 19.2. The molecule has 0 N–H and O–H groups in total. The Bertz CT molecular complexity index is 1500. The number of aromatic nitrogens is 1. The minimum absolute atomic E-state index is 1.06. The summed E-state index contributed by atoms with van der Waals surface area (Å²) in [4.78, 5) is 6.13. The van der Waals surface area contributed by atoms with E-state index in [0.29, 0.717) is 0 Å². The molecule has 4 aromatic carbocycles. The van der Waals surface area contributed by atoms with E-state index in [2.05, 4.69) is 97.1 Å². The van der Waals surface area contributed by atoms with Gasteiger partial charge in [-0.3, -0.25) is 4.98 Å². The van der Waals surface area contributed by atoms with Crippen molar-refractivity contribution >= 4 is 43.0 Å². The molecule has 2 aromatic heterocycles. The van der Waals surface area contributed by atoms with Crippen LogP contribution in [0.2, 0.25) is 0 Å². The average molecular weight is 388 g/mol. The highest BCUT2D eigenvalue weighted by Gasteiger charge is 2.14. The molecule has 2 heterocycles. The van der Waals surface area contributed by atoms with Gasteiger partial charge in [0.15, 0.2) is 0 Å². The molecule has 0 bridgehead atoms. The third kappa shape index (κ3) is 2.65. The van der Waals surface area contributed by atoms with Gasteiger partial charge in [0.1, 0.15) is 0 Å². The fourth-order valence-corrected chi connectivity index (χ4v) is 5.23. The zero-order valence-electron chi connectivity index (χ0n) is 15.7. The van der Waals surface area contributed by atoms with E-state index in [1.807, 2.05) is 17.5 Å². The Hall–Kier alpha value is -3.49. The Morgan fingerprint density at radius 2 is 1.31 bits per heavy atom. The molecule has 0 aliphatic carbocycles. The van der Waals surface area contributed by atoms with Gasteiger partial charge in [0.25, 0.3) is 0 Å². The second kappa shape index (κ2) is 6.54. The van der Waals surface area contributed by atoms with Crippen LogP contribution in [-0.4, -0.2) is 4.98 Å². The lowest BCUT2D eigenvalue weighted by molar-refractivity contribution is 1.37. The molecule has 0 amide bonds. The lowest BCUT2D eigenvalue weighted by atomic mass is 9.94. The van der Waals surface area contributed by atoms with Crippen molar-refractivity contribution in [2.24, 2.45) is 0 Å². The van der Waals surface area contributed by atoms with Crippen LogP contribution in [0.4, 0.5) is 0 Å². The molecule has 0 saturated heterocycles. The third-order valence-corrected chi connectivity index (χ3v) is 6.68. The molecule has 0 radical (unpaired) electrons. The van der Waals surface area contributed by atoms with Crippen molar-refractivity contribution in [3.05, 3.63) is 103 Å². The lowest BCUT2D eigenvalue weighted by Gasteiger charge is -2.11. The zero-order valence-corrected chi connectivity index (χ0v) is 16.5. The Labute approximate surface area is 172 Å². The first-order chi connectivity index (χ1) is 14.4. The second-order valence-corrected chi connectivity index (χ2v) is 8.32. The molecule has 0 atom stereocenters. The van der Waals surface area contributed by atoms with E-state index in [4.69, 9.17) is 4.98 Å². The molecule has 0 aliphatic rings. The van der Waals surface area contributed by atoms with Crippen LogP contribution in [0.25, 0.3) is 53.3 Å². The predicted molar refractivity (Wildman–Crippen MR) is 126 cm³/mol. The largest absolute Gasteiger partial charge is 0.256 e. The van der Waals surface area contributed by atoms with Gasteiger partial charge in [-0.25, -0.2) is 0 Å². The summed E-state index contributed by atoms with van der Waals surface area (Å²) in [6, 6.07) is 34.6. The summed E-state index contributed by atoms with van der Waals surface area (Å²) in [6.45, 7) is 0. The molecule has 29 heavy (non-hydrogen) atoms. The molecule has 0 unspecified atom stereocenters. The number of hydrogen-bond donors (Lipinski definition) is 0. The SMILES string of the molecule is c1ccc(-c2cc3c(-c4cc5ccccc5c5ccccc45)nccc3s2)cc1. The number of pyridine rings is 1. The van der Waals surface area contributed by atoms with Gasteiger partial charge >= 0.3 is 0 Å². The Balaban J connectivity index is 1.68. The normalized spacial score (nSPS) is 11.4. The van der Waals surface area contributed by atoms with E-state index in [1.54, 1.807) is 0 Å². The first kappa shape index (κ1) is 16.5. The van der Waals surface area contributed by atoms with E-state index in [9.17, 15) is 0 Å². The van der Waals surface area contributed by atoms with E-state index in [-0.39, 0.29) is 0 Å². The fourth-order valence-electron chi connectivity index (χ4n) is 4.17. The quantitative estimate of drug-likeness (QED) is 0.275. The maximum Gasteiger partial charge on any atom is 0.0795 e. The van der Waals surface area contributed by atoms with E-state index >= 15 is 0 Å². The smallest absolute Gasteiger partial charge is 0.0795 e. The Kier molecular flexibility index (Phi) is 3.71. The molecule has 0 spiro atoms. The van der Waals surface area contributed by atoms with E-state index < -0.39 is 0 Å². The average Bonchev–Trinajstić information content (AvgIpc) is 3.24. The van der Waals surface area contributed by atoms with Crippen LogP contribution in [0.1, 0.15) is 0 Å². The number of benzene rings is 4. The van der Waals surface area contributed by atoms with Crippen LogP contribution in [0.5, 0.6) is 0 Å². The number of hydrogen-bond acceptors (Lipinski definition) is 2. The number of nitrogens with zero attached hydrogens (tertiary/aromatic N) is 1. The maximum atomic E-state index is 4.85. The fraction of sp³-hybridized carbons (Fsp3) is 0. The molecule has 2 heteroatoms. The summed E-state index contributed by atoms with van der Waals surface area (Å²) in [6.07, 6.45) is 1.94. The predicted octanol–water partition coefficient (Wildman–Crippen LogP) is 7.94. The van der Waals surface area contributed by atoms with Crippen molar-refractivity contribution < 1.29 is 0 Å². The summed E-state index contributed by atoms with van der Waals surface area (Å²) in [5.74, 6) is 0. The molecule has 0 fully saturated rings. The van der Waals surface area contributed by atoms with Gasteiger partial charge in [-0.05, 0) is 45.3 Å². The van der Waals surface area contributed by atoms with Crippen LogP contribution in [-0.2, 0) is 0 Å². The highest BCUT2D eigenvalue weighted by Crippen LogP contribution is 2.41. The minimum atomic E-state index is 1.06. The summed E-state index contributed by atoms with van der Waals surface area (Å²) in [7, 11) is 0. The molecule has 0 aliphatic heterocycles. The van der Waals surface area contributed by atoms with Crippen LogP contribution in [0.15, 0.2) is 103 Å². The summed E-state index contributed by atoms with van der Waals surface area (Å²) in [5.41, 5.74) is 3.51. The first-order valence-electron chi connectivity index (χ1n) is 9.73. The van der Waals surface area contributed by atoms with Gasteiger partial charge < -0.3 is 0 Å². The summed E-state index contributed by atoms with van der Waals surface area (Å²) >= 11 is 1.83. The minimum Gasteiger partial charge on any atom is -0.256 e. The number of fused-ring (bicyclic) bond motifs is 4. The summed E-state index contributed by atoms with van der Waals surface area (Å²) in [5, 5.41) is 6.28. The number of thiophene rings is 1. The van der Waals surface area contributed by atoms with E-state index in [0.717, 1.165) is 5.69 Å². The van der Waals surface area contributed by atoms with Gasteiger partial charge in [-0.15, -0.1) is 11.3 Å². The van der Waals surface area contributed by atoms with Gasteiger partial charge in [-0.2, -0.15) is 0 Å². The van der Waals surface area contributed by atoms with Crippen molar-refractivity contribution in [2.75, 3.05) is 0 Å². The standard InChI is InChI=1S/C27H17NS/c1-2-8-18(9-3-1)26-17-24-25(29-26)14-15-28-27(24)23-16-19-10-4-5-11-20(19)21-12-6-7-13-22(21)23/h1-17H. The van der Waals surface area contributed by atoms with E-state index in [1.165, 1.54) is 47.6 Å². The first-order valence-corrected chi connectivity index (χ1v) is 10.5. The molecule has 0 saturated carbocycles. The lowest BCUT2D eigenvalue weighted by Crippen LogP contribution is -1.87. The van der Waals surface area contributed by atoms with Gasteiger partial charge in [0, 0.05) is 26.7 Å². The molecular formula is C27H17NS. The van der Waals surface area contributed by atoms with Crippen molar-refractivity contribution in [1.29, 1.82) is 0 Å². The van der Waals surface area contributed by atoms with Gasteiger partial charge in [0.2, 0.25) is 0 Å². The monoisotopic (exact) mass is 387 g/mol. The second-order valence-electron chi connectivity index (χ2n) is 7.24. The van der Waals surface area contributed by atoms with Crippen LogP contribution < -0.4 is 0 Å².